The van der Waals surface area contributed by atoms with Gasteiger partial charge in [-0.1, -0.05) is 17.7 Å². The molecule has 1 saturated heterocycles. The highest BCUT2D eigenvalue weighted by molar-refractivity contribution is 6.33. The van der Waals surface area contributed by atoms with Crippen LogP contribution < -0.4 is 5.32 Å². The van der Waals surface area contributed by atoms with E-state index >= 15 is 0 Å². The van der Waals surface area contributed by atoms with Gasteiger partial charge in [0.15, 0.2) is 0 Å². The van der Waals surface area contributed by atoms with Crippen molar-refractivity contribution < 1.29 is 13.2 Å². The molecule has 1 aromatic rings. The number of piperidine rings is 1. The molecule has 1 unspecified atom stereocenters. The molecule has 1 aromatic carbocycles. The highest BCUT2D eigenvalue weighted by Crippen LogP contribution is 2.41. The first-order valence-electron chi connectivity index (χ1n) is 7.05. The Morgan fingerprint density at radius 2 is 2.05 bits per heavy atom. The lowest BCUT2D eigenvalue weighted by atomic mass is 9.96. The van der Waals surface area contributed by atoms with E-state index in [-0.39, 0.29) is 6.42 Å². The van der Waals surface area contributed by atoms with E-state index in [4.69, 9.17) is 11.6 Å². The van der Waals surface area contributed by atoms with E-state index in [9.17, 15) is 13.2 Å². The molecule has 0 bridgehead atoms. The fourth-order valence-corrected chi connectivity index (χ4v) is 3.38. The summed E-state index contributed by atoms with van der Waals surface area (Å²) in [6, 6.07) is 3.95. The van der Waals surface area contributed by atoms with Gasteiger partial charge < -0.3 is 10.2 Å². The summed E-state index contributed by atoms with van der Waals surface area (Å²) < 4.78 is 39.9. The summed E-state index contributed by atoms with van der Waals surface area (Å²) in [5, 5.41) is 3.64. The van der Waals surface area contributed by atoms with E-state index in [1.165, 1.54) is 4.90 Å². The summed E-state index contributed by atoms with van der Waals surface area (Å²) in [6.45, 7) is 0.935. The van der Waals surface area contributed by atoms with Crippen LogP contribution in [0.15, 0.2) is 24.3 Å². The van der Waals surface area contributed by atoms with E-state index in [0.29, 0.717) is 35.8 Å². The minimum Gasteiger partial charge on any atom is -0.381 e. The van der Waals surface area contributed by atoms with Gasteiger partial charge in [-0.3, -0.25) is 0 Å². The molecule has 0 amide bonds. The smallest absolute Gasteiger partial charge is 0.381 e. The van der Waals surface area contributed by atoms with Gasteiger partial charge in [0.25, 0.3) is 0 Å². The van der Waals surface area contributed by atoms with Gasteiger partial charge in [0.1, 0.15) is 6.04 Å². The van der Waals surface area contributed by atoms with Crippen LogP contribution >= 0.6 is 11.6 Å². The molecule has 2 aliphatic rings. The fourth-order valence-electron chi connectivity index (χ4n) is 3.11. The third kappa shape index (κ3) is 2.71. The maximum Gasteiger partial charge on any atom is 0.408 e. The number of hydrogen-bond acceptors (Lipinski definition) is 2. The maximum atomic E-state index is 13.3. The fraction of sp³-hybridized carbons (Fsp3) is 0.467. The second-order valence-electron chi connectivity index (χ2n) is 5.38. The molecule has 0 saturated carbocycles. The van der Waals surface area contributed by atoms with Crippen LogP contribution in [0.3, 0.4) is 0 Å². The topological polar surface area (TPSA) is 15.3 Å². The number of anilines is 1. The average Bonchev–Trinajstić information content (AvgIpc) is 2.46. The van der Waals surface area contributed by atoms with Gasteiger partial charge in [-0.25, -0.2) is 0 Å². The molecule has 1 N–H and O–H groups in total. The zero-order valence-electron chi connectivity index (χ0n) is 11.4. The molecule has 1 atom stereocenters. The summed E-state index contributed by atoms with van der Waals surface area (Å²) >= 11 is 6.23. The third-order valence-corrected chi connectivity index (χ3v) is 4.36. The number of halogens is 4. The largest absolute Gasteiger partial charge is 0.408 e. The molecule has 6 heteroatoms. The molecule has 3 rings (SSSR count). The van der Waals surface area contributed by atoms with E-state index in [2.05, 4.69) is 5.32 Å². The summed E-state index contributed by atoms with van der Waals surface area (Å²) in [6.07, 6.45) is -0.876. The molecule has 2 nitrogen and oxygen atoms in total. The Morgan fingerprint density at radius 1 is 1.24 bits per heavy atom. The quantitative estimate of drug-likeness (QED) is 0.819. The molecule has 0 aliphatic carbocycles. The highest BCUT2D eigenvalue weighted by Gasteiger charge is 2.45. The van der Waals surface area contributed by atoms with Crippen molar-refractivity contribution in [2.45, 2.75) is 31.5 Å². The average molecular weight is 317 g/mol. The van der Waals surface area contributed by atoms with Crippen molar-refractivity contribution in [3.8, 4) is 0 Å². The van der Waals surface area contributed by atoms with Crippen molar-refractivity contribution >= 4 is 23.0 Å². The van der Waals surface area contributed by atoms with Crippen molar-refractivity contribution in [3.05, 3.63) is 34.9 Å². The second kappa shape index (κ2) is 5.44. The molecule has 114 valence electrons. The molecule has 2 heterocycles. The SMILES string of the molecule is FC(F)(F)C1CCCCN1C1=CCNc2cccc(Cl)c21. The van der Waals surface area contributed by atoms with Gasteiger partial charge in [0.05, 0.1) is 5.02 Å². The Bertz CT molecular complexity index is 569. The molecule has 1 fully saturated rings. The predicted octanol–water partition coefficient (Wildman–Crippen LogP) is 4.52. The minimum atomic E-state index is -4.21. The molecular formula is C15H16ClF3N2. The van der Waals surface area contributed by atoms with Crippen LogP contribution in [0.4, 0.5) is 18.9 Å². The van der Waals surface area contributed by atoms with Gasteiger partial charge in [-0.05, 0) is 37.5 Å². The Hall–Kier alpha value is -1.36. The number of nitrogens with one attached hydrogen (secondary N) is 1. The van der Waals surface area contributed by atoms with Gasteiger partial charge in [-0.15, -0.1) is 0 Å². The molecule has 0 aromatic heterocycles. The van der Waals surface area contributed by atoms with E-state index in [1.54, 1.807) is 18.2 Å². The van der Waals surface area contributed by atoms with Gasteiger partial charge in [0.2, 0.25) is 0 Å². The number of benzene rings is 1. The lowest BCUT2D eigenvalue weighted by Gasteiger charge is -2.41. The summed E-state index contributed by atoms with van der Waals surface area (Å²) in [4.78, 5) is 1.48. The lowest BCUT2D eigenvalue weighted by Crippen LogP contribution is -2.48. The third-order valence-electron chi connectivity index (χ3n) is 4.05. The molecule has 2 aliphatic heterocycles. The van der Waals surface area contributed by atoms with Gasteiger partial charge >= 0.3 is 6.18 Å². The van der Waals surface area contributed by atoms with E-state index in [0.717, 1.165) is 12.1 Å². The normalized spacial score (nSPS) is 22.4. The number of nitrogens with zero attached hydrogens (tertiary/aromatic N) is 1. The van der Waals surface area contributed by atoms with E-state index < -0.39 is 12.2 Å². The molecule has 0 radical (unpaired) electrons. The van der Waals surface area contributed by atoms with E-state index in [1.807, 2.05) is 6.07 Å². The van der Waals surface area contributed by atoms with Gasteiger partial charge in [0, 0.05) is 30.0 Å². The number of likely N-dealkylation sites (tertiary alicyclic amines) is 1. The summed E-state index contributed by atoms with van der Waals surface area (Å²) in [5.74, 6) is 0. The first kappa shape index (κ1) is 14.6. The van der Waals surface area contributed by atoms with Crippen molar-refractivity contribution in [1.29, 1.82) is 0 Å². The lowest BCUT2D eigenvalue weighted by molar-refractivity contribution is -0.181. The zero-order valence-corrected chi connectivity index (χ0v) is 12.1. The maximum absolute atomic E-state index is 13.3. The summed E-state index contributed by atoms with van der Waals surface area (Å²) in [5.41, 5.74) is 2.09. The first-order valence-corrected chi connectivity index (χ1v) is 7.42. The Balaban J connectivity index is 2.02. The second-order valence-corrected chi connectivity index (χ2v) is 5.79. The Labute approximate surface area is 126 Å². The van der Waals surface area contributed by atoms with Crippen LogP contribution in [0.1, 0.15) is 24.8 Å². The van der Waals surface area contributed by atoms with Crippen LogP contribution in [-0.4, -0.2) is 30.2 Å². The standard InChI is InChI=1S/C15H16ClF3N2/c16-10-4-3-5-11-14(10)12(7-8-20-11)21-9-2-1-6-13(21)15(17,18)19/h3-5,7,13,20H,1-2,6,8-9H2. The summed E-state index contributed by atoms with van der Waals surface area (Å²) in [7, 11) is 0. The van der Waals surface area contributed by atoms with Crippen LogP contribution in [0.5, 0.6) is 0 Å². The van der Waals surface area contributed by atoms with Crippen molar-refractivity contribution in [2.24, 2.45) is 0 Å². The number of hydrogen-bond donors (Lipinski definition) is 1. The number of alkyl halides is 3. The molecule has 0 spiro atoms. The van der Waals surface area contributed by atoms with Crippen molar-refractivity contribution in [1.82, 2.24) is 4.90 Å². The Kier molecular flexibility index (Phi) is 3.78. The van der Waals surface area contributed by atoms with Crippen LogP contribution in [0.25, 0.3) is 5.70 Å². The molecule has 21 heavy (non-hydrogen) atoms. The number of rotatable bonds is 1. The van der Waals surface area contributed by atoms with Crippen LogP contribution in [-0.2, 0) is 0 Å². The van der Waals surface area contributed by atoms with Gasteiger partial charge in [-0.2, -0.15) is 13.2 Å². The van der Waals surface area contributed by atoms with Crippen molar-refractivity contribution in [2.75, 3.05) is 18.4 Å². The Morgan fingerprint density at radius 3 is 2.81 bits per heavy atom. The van der Waals surface area contributed by atoms with Crippen LogP contribution in [0, 0.1) is 0 Å². The zero-order chi connectivity index (χ0) is 15.0. The monoisotopic (exact) mass is 316 g/mol. The molecular weight excluding hydrogens is 301 g/mol. The number of fused-ring (bicyclic) bond motifs is 1. The highest BCUT2D eigenvalue weighted by atomic mass is 35.5. The predicted molar refractivity (Wildman–Crippen MR) is 78.3 cm³/mol. The minimum absolute atomic E-state index is 0.147. The first-order chi connectivity index (χ1) is 9.98. The van der Waals surface area contributed by atoms with Crippen molar-refractivity contribution in [3.63, 3.8) is 0 Å². The van der Waals surface area contributed by atoms with Crippen LogP contribution in [0.2, 0.25) is 5.02 Å².